The number of aliphatic hydroxyl groups is 1. The Kier molecular flexibility index (Phi) is 8.59. The minimum absolute atomic E-state index is 0.0888. The first-order chi connectivity index (χ1) is 20.7. The van der Waals surface area contributed by atoms with Crippen LogP contribution in [0, 0.1) is 5.92 Å². The van der Waals surface area contributed by atoms with Crippen molar-refractivity contribution in [3.05, 3.63) is 59.2 Å². The molecule has 0 saturated carbocycles. The van der Waals surface area contributed by atoms with Crippen molar-refractivity contribution in [1.82, 2.24) is 4.90 Å². The second-order valence-electron chi connectivity index (χ2n) is 11.9. The lowest BCUT2D eigenvalue weighted by molar-refractivity contribution is -0.144. The van der Waals surface area contributed by atoms with Gasteiger partial charge in [-0.25, -0.2) is 8.42 Å². The average Bonchev–Trinajstić information content (AvgIpc) is 3.40. The van der Waals surface area contributed by atoms with Crippen LogP contribution in [0.5, 0.6) is 0 Å². The van der Waals surface area contributed by atoms with E-state index < -0.39 is 37.8 Å². The molecule has 238 valence electrons. The number of aliphatic hydroxyl groups excluding tert-OH is 1. The minimum atomic E-state index is -3.98. The summed E-state index contributed by atoms with van der Waals surface area (Å²) in [5, 5.41) is 14.5. The molecule has 0 unspecified atom stereocenters. The Balaban J connectivity index is 1.67. The Morgan fingerprint density at radius 1 is 1.25 bits per heavy atom. The van der Waals surface area contributed by atoms with E-state index in [9.17, 15) is 32.2 Å². The fraction of sp³-hybridized carbons (Fsp3) is 0.433. The number of amidine groups is 1. The lowest BCUT2D eigenvalue weighted by Crippen LogP contribution is -2.56. The molecule has 0 aromatic heterocycles. The number of methoxy groups -OCH3 is 1. The fourth-order valence-corrected chi connectivity index (χ4v) is 7.95. The van der Waals surface area contributed by atoms with Gasteiger partial charge in [-0.2, -0.15) is 0 Å². The SMILES string of the molecule is COC[C@@H]1CCCN1C(=O)[C@@]1(CCC(C)C)C(=O)C(C2=NS(O)(O)c3cc(NS(C)(=O)=O)ccc3N2)=C(O)c2ccccc21. The molecule has 2 aromatic rings. The number of benzene rings is 2. The Labute approximate surface area is 258 Å². The quantitative estimate of drug-likeness (QED) is 0.240. The standard InChI is InChI=1S/C30H38N4O8S2/c1-18(2)13-14-30(29(37)34-15-7-8-20(34)17-42-3)22-10-6-5-9-21(22)26(35)25(27(30)36)28-31-23-12-11-19(32-43(4,38)39)16-24(23)44(40,41)33-28/h5-6,9-12,16,18,20,32,35,40-41H,7-8,13-15,17H2,1-4H3,(H,31,33)/t20-,30+/m0/s1. The summed E-state index contributed by atoms with van der Waals surface area (Å²) in [5.74, 6) is -1.67. The van der Waals surface area contributed by atoms with E-state index in [-0.39, 0.29) is 57.5 Å². The van der Waals surface area contributed by atoms with Gasteiger partial charge in [0.25, 0.3) is 0 Å². The molecule has 12 nitrogen and oxygen atoms in total. The average molecular weight is 647 g/mol. The number of amides is 1. The van der Waals surface area contributed by atoms with Crippen molar-refractivity contribution < 1.29 is 37.0 Å². The highest BCUT2D eigenvalue weighted by Gasteiger charge is 2.56. The summed E-state index contributed by atoms with van der Waals surface area (Å²) >= 11 is 0. The van der Waals surface area contributed by atoms with E-state index in [2.05, 4.69) is 14.4 Å². The highest BCUT2D eigenvalue weighted by molar-refractivity contribution is 8.23. The Morgan fingerprint density at radius 2 is 1.98 bits per heavy atom. The van der Waals surface area contributed by atoms with Crippen LogP contribution in [0.15, 0.2) is 57.3 Å². The van der Waals surface area contributed by atoms with Gasteiger partial charge in [0.1, 0.15) is 21.6 Å². The van der Waals surface area contributed by atoms with E-state index in [1.165, 1.54) is 18.2 Å². The molecular formula is C30H38N4O8S2. The van der Waals surface area contributed by atoms with Gasteiger partial charge in [0.05, 0.1) is 30.3 Å². The number of hydrogen-bond acceptors (Lipinski definition) is 10. The summed E-state index contributed by atoms with van der Waals surface area (Å²) in [4.78, 5) is 31.2. The van der Waals surface area contributed by atoms with Crippen LogP contribution in [0.4, 0.5) is 11.4 Å². The predicted molar refractivity (Wildman–Crippen MR) is 170 cm³/mol. The zero-order chi connectivity index (χ0) is 32.0. The van der Waals surface area contributed by atoms with Gasteiger partial charge in [-0.1, -0.05) is 48.9 Å². The molecule has 1 amide bonds. The lowest BCUT2D eigenvalue weighted by atomic mass is 9.64. The number of hydrogen-bond donors (Lipinski definition) is 5. The number of sulfonamides is 1. The van der Waals surface area contributed by atoms with Crippen molar-refractivity contribution in [2.45, 2.75) is 55.9 Å². The normalized spacial score (nSPS) is 23.5. The van der Waals surface area contributed by atoms with Crippen LogP contribution < -0.4 is 10.0 Å². The summed E-state index contributed by atoms with van der Waals surface area (Å²) in [6.45, 7) is 4.77. The summed E-state index contributed by atoms with van der Waals surface area (Å²) < 4.78 is 57.5. The van der Waals surface area contributed by atoms with Crippen LogP contribution in [-0.2, 0) is 29.8 Å². The van der Waals surface area contributed by atoms with Crippen LogP contribution in [-0.4, -0.2) is 77.6 Å². The van der Waals surface area contributed by atoms with Crippen molar-refractivity contribution >= 4 is 55.5 Å². The molecule has 2 aliphatic heterocycles. The summed E-state index contributed by atoms with van der Waals surface area (Å²) in [6, 6.07) is 10.6. The molecule has 1 aliphatic carbocycles. The maximum Gasteiger partial charge on any atom is 0.241 e. The lowest BCUT2D eigenvalue weighted by Gasteiger charge is -2.42. The van der Waals surface area contributed by atoms with Gasteiger partial charge in [-0.05, 0) is 55.4 Å². The molecule has 44 heavy (non-hydrogen) atoms. The van der Waals surface area contributed by atoms with Crippen molar-refractivity contribution in [1.29, 1.82) is 0 Å². The maximum absolute atomic E-state index is 14.9. The number of fused-ring (bicyclic) bond motifs is 2. The monoisotopic (exact) mass is 646 g/mol. The molecule has 1 fully saturated rings. The maximum atomic E-state index is 14.9. The Hall–Kier alpha value is -3.43. The summed E-state index contributed by atoms with van der Waals surface area (Å²) in [7, 11) is -6.06. The van der Waals surface area contributed by atoms with Crippen LogP contribution in [0.3, 0.4) is 0 Å². The third-order valence-electron chi connectivity index (χ3n) is 8.24. The van der Waals surface area contributed by atoms with Crippen molar-refractivity contribution in [2.75, 3.05) is 36.6 Å². The number of Topliss-reactive ketones (excluding diaryl/α,β-unsaturated/α-hetero) is 1. The van der Waals surface area contributed by atoms with Gasteiger partial charge in [0.2, 0.25) is 15.9 Å². The fourth-order valence-electron chi connectivity index (χ4n) is 6.21. The number of anilines is 2. The predicted octanol–water partition coefficient (Wildman–Crippen LogP) is 4.77. The molecule has 0 bridgehead atoms. The first-order valence-electron chi connectivity index (χ1n) is 14.3. The summed E-state index contributed by atoms with van der Waals surface area (Å²) in [5.41, 5.74) is -1.13. The van der Waals surface area contributed by atoms with Crippen LogP contribution in [0.25, 0.3) is 5.76 Å². The molecule has 2 heterocycles. The number of rotatable bonds is 9. The topological polar surface area (TPSA) is 178 Å². The van der Waals surface area contributed by atoms with Gasteiger partial charge in [0.15, 0.2) is 11.6 Å². The van der Waals surface area contributed by atoms with Gasteiger partial charge >= 0.3 is 0 Å². The molecule has 14 heteroatoms. The van der Waals surface area contributed by atoms with Crippen molar-refractivity contribution in [2.24, 2.45) is 10.3 Å². The molecule has 5 N–H and O–H groups in total. The Morgan fingerprint density at radius 3 is 2.66 bits per heavy atom. The van der Waals surface area contributed by atoms with Crippen molar-refractivity contribution in [3.8, 4) is 0 Å². The Bertz CT molecular complexity index is 1670. The molecule has 0 radical (unpaired) electrons. The number of nitrogens with one attached hydrogen (secondary N) is 2. The van der Waals surface area contributed by atoms with E-state index in [1.807, 2.05) is 13.8 Å². The summed E-state index contributed by atoms with van der Waals surface area (Å²) in [6.07, 6.45) is 3.13. The van der Waals surface area contributed by atoms with Gasteiger partial charge < -0.3 is 20.1 Å². The number of carbonyl (C=O) groups is 2. The smallest absolute Gasteiger partial charge is 0.241 e. The molecule has 2 aromatic carbocycles. The second-order valence-corrected chi connectivity index (χ2v) is 15.3. The third-order valence-corrected chi connectivity index (χ3v) is 10.2. The number of ketones is 1. The molecule has 3 aliphatic rings. The number of likely N-dealkylation sites (tertiary alicyclic amines) is 1. The van der Waals surface area contributed by atoms with E-state index in [4.69, 9.17) is 4.74 Å². The zero-order valence-electron chi connectivity index (χ0n) is 25.0. The zero-order valence-corrected chi connectivity index (χ0v) is 26.7. The molecule has 1 saturated heterocycles. The number of carbonyl (C=O) groups excluding carboxylic acids is 2. The van der Waals surface area contributed by atoms with Gasteiger partial charge in [-0.3, -0.25) is 23.4 Å². The second kappa shape index (κ2) is 11.8. The third kappa shape index (κ3) is 5.72. The van der Waals surface area contributed by atoms with Crippen LogP contribution >= 0.6 is 10.8 Å². The van der Waals surface area contributed by atoms with E-state index in [1.54, 1.807) is 36.3 Å². The highest BCUT2D eigenvalue weighted by Crippen LogP contribution is 2.57. The van der Waals surface area contributed by atoms with Crippen molar-refractivity contribution in [3.63, 3.8) is 0 Å². The van der Waals surface area contributed by atoms with E-state index in [0.717, 1.165) is 19.1 Å². The van der Waals surface area contributed by atoms with Crippen LogP contribution in [0.1, 0.15) is 50.7 Å². The van der Waals surface area contributed by atoms with Gasteiger partial charge in [0, 0.05) is 19.2 Å². The first kappa shape index (κ1) is 32.0. The number of ether oxygens (including phenoxy) is 1. The van der Waals surface area contributed by atoms with Gasteiger partial charge in [-0.15, -0.1) is 4.40 Å². The largest absolute Gasteiger partial charge is 0.506 e. The minimum Gasteiger partial charge on any atom is -0.506 e. The highest BCUT2D eigenvalue weighted by atomic mass is 32.3. The first-order valence-corrected chi connectivity index (χ1v) is 17.7. The molecule has 5 rings (SSSR count). The molecule has 2 atom stereocenters. The van der Waals surface area contributed by atoms with E-state index >= 15 is 0 Å². The number of nitrogens with zero attached hydrogens (tertiary/aromatic N) is 2. The molecule has 0 spiro atoms. The van der Waals surface area contributed by atoms with E-state index in [0.29, 0.717) is 25.1 Å². The molecular weight excluding hydrogens is 608 g/mol. The van der Waals surface area contributed by atoms with Crippen LogP contribution in [0.2, 0.25) is 0 Å².